The number of fused-ring (bicyclic) bond motifs is 1. The molecule has 166 valence electrons. The van der Waals surface area contributed by atoms with E-state index in [2.05, 4.69) is 20.1 Å². The maximum atomic E-state index is 12.9. The third-order valence-corrected chi connectivity index (χ3v) is 6.65. The van der Waals surface area contributed by atoms with E-state index in [-0.39, 0.29) is 27.7 Å². The molecule has 0 radical (unpaired) electrons. The molecule has 0 amide bonds. The first kappa shape index (κ1) is 22.4. The number of pyridine rings is 1. The van der Waals surface area contributed by atoms with Crippen molar-refractivity contribution in [2.75, 3.05) is 5.75 Å². The predicted octanol–water partition coefficient (Wildman–Crippen LogP) is 4.97. The number of nitrogens with zero attached hydrogens (tertiary/aromatic N) is 5. The molecule has 3 heterocycles. The van der Waals surface area contributed by atoms with Crippen LogP contribution in [0.5, 0.6) is 0 Å². The standard InChI is InChI=1S/C19H12Cl2F3N5O2S/c1-2-32(30,31)15-4-3-14(10-5-12(20)7-13(21)6-10)26-16(15)11-8-25-18-27-17(19(22,23)24)28-29(18)9-11/h3-9H,2H2,1H3. The molecule has 0 aliphatic heterocycles. The molecule has 7 nitrogen and oxygen atoms in total. The van der Waals surface area contributed by atoms with E-state index in [1.54, 1.807) is 12.1 Å². The van der Waals surface area contributed by atoms with Crippen LogP contribution in [0, 0.1) is 0 Å². The van der Waals surface area contributed by atoms with Crippen LogP contribution in [-0.4, -0.2) is 38.7 Å². The molecule has 0 fully saturated rings. The fourth-order valence-corrected chi connectivity index (χ4v) is 4.52. The summed E-state index contributed by atoms with van der Waals surface area (Å²) in [7, 11) is -3.73. The van der Waals surface area contributed by atoms with Gasteiger partial charge >= 0.3 is 6.18 Å². The second kappa shape index (κ2) is 7.98. The fraction of sp³-hybridized carbons (Fsp3) is 0.158. The second-order valence-electron chi connectivity index (χ2n) is 6.63. The van der Waals surface area contributed by atoms with Gasteiger partial charge in [-0.3, -0.25) is 0 Å². The highest BCUT2D eigenvalue weighted by Gasteiger charge is 2.36. The molecule has 0 saturated heterocycles. The Morgan fingerprint density at radius 1 is 1.03 bits per heavy atom. The lowest BCUT2D eigenvalue weighted by molar-refractivity contribution is -0.144. The van der Waals surface area contributed by atoms with Crippen LogP contribution < -0.4 is 0 Å². The summed E-state index contributed by atoms with van der Waals surface area (Å²) in [6, 6.07) is 7.60. The number of benzene rings is 1. The normalized spacial score (nSPS) is 12.4. The van der Waals surface area contributed by atoms with Crippen molar-refractivity contribution in [2.45, 2.75) is 18.0 Å². The molecule has 0 aliphatic carbocycles. The average molecular weight is 502 g/mol. The molecule has 3 aromatic heterocycles. The Kier molecular flexibility index (Phi) is 5.60. The van der Waals surface area contributed by atoms with Crippen LogP contribution in [0.1, 0.15) is 12.7 Å². The van der Waals surface area contributed by atoms with Gasteiger partial charge in [-0.2, -0.15) is 18.2 Å². The van der Waals surface area contributed by atoms with Crippen molar-refractivity contribution in [1.29, 1.82) is 0 Å². The molecule has 0 spiro atoms. The van der Waals surface area contributed by atoms with E-state index < -0.39 is 21.8 Å². The number of rotatable bonds is 4. The lowest BCUT2D eigenvalue weighted by atomic mass is 10.1. The van der Waals surface area contributed by atoms with Gasteiger partial charge in [0.1, 0.15) is 0 Å². The lowest BCUT2D eigenvalue weighted by Crippen LogP contribution is -2.08. The minimum Gasteiger partial charge on any atom is -0.246 e. The summed E-state index contributed by atoms with van der Waals surface area (Å²) >= 11 is 12.1. The minimum atomic E-state index is -4.76. The molecular formula is C19H12Cl2F3N5O2S. The van der Waals surface area contributed by atoms with Gasteiger partial charge in [-0.05, 0) is 30.3 Å². The van der Waals surface area contributed by atoms with E-state index >= 15 is 0 Å². The molecule has 1 aromatic carbocycles. The Bertz CT molecular complexity index is 1440. The van der Waals surface area contributed by atoms with Crippen LogP contribution in [0.15, 0.2) is 47.6 Å². The van der Waals surface area contributed by atoms with Crippen molar-refractivity contribution < 1.29 is 21.6 Å². The Morgan fingerprint density at radius 2 is 1.72 bits per heavy atom. The summed E-state index contributed by atoms with van der Waals surface area (Å²) in [5.41, 5.74) is 1.02. The fourth-order valence-electron chi connectivity index (χ4n) is 2.95. The molecule has 0 atom stereocenters. The first-order valence-electron chi connectivity index (χ1n) is 8.98. The van der Waals surface area contributed by atoms with Crippen molar-refractivity contribution in [3.8, 4) is 22.5 Å². The summed E-state index contributed by atoms with van der Waals surface area (Å²) < 4.78 is 65.0. The molecule has 4 aromatic rings. The van der Waals surface area contributed by atoms with E-state index in [9.17, 15) is 21.6 Å². The van der Waals surface area contributed by atoms with Crippen molar-refractivity contribution in [3.63, 3.8) is 0 Å². The Labute approximate surface area is 189 Å². The first-order chi connectivity index (χ1) is 15.0. The zero-order chi connectivity index (χ0) is 23.3. The Morgan fingerprint density at radius 3 is 2.34 bits per heavy atom. The van der Waals surface area contributed by atoms with Crippen LogP contribution in [0.3, 0.4) is 0 Å². The number of sulfone groups is 1. The van der Waals surface area contributed by atoms with Gasteiger partial charge in [-0.25, -0.2) is 22.9 Å². The van der Waals surface area contributed by atoms with Gasteiger partial charge in [0.15, 0.2) is 9.84 Å². The number of alkyl halides is 3. The number of hydrogen-bond donors (Lipinski definition) is 0. The molecule has 0 unspecified atom stereocenters. The van der Waals surface area contributed by atoms with E-state index in [4.69, 9.17) is 23.2 Å². The molecule has 13 heteroatoms. The van der Waals surface area contributed by atoms with Gasteiger partial charge in [-0.15, -0.1) is 5.10 Å². The number of halogens is 5. The topological polar surface area (TPSA) is 90.1 Å². The highest BCUT2D eigenvalue weighted by atomic mass is 35.5. The maximum absolute atomic E-state index is 12.9. The van der Waals surface area contributed by atoms with Crippen LogP contribution in [-0.2, 0) is 16.0 Å². The van der Waals surface area contributed by atoms with Crippen molar-refractivity contribution in [3.05, 3.63) is 58.6 Å². The zero-order valence-corrected chi connectivity index (χ0v) is 18.4. The highest BCUT2D eigenvalue weighted by molar-refractivity contribution is 7.91. The molecule has 0 aliphatic rings. The SMILES string of the molecule is CCS(=O)(=O)c1ccc(-c2cc(Cl)cc(Cl)c2)nc1-c1cnc2nc(C(F)(F)F)nn2c1. The molecule has 0 saturated carbocycles. The molecular weight excluding hydrogens is 490 g/mol. The Balaban J connectivity index is 1.94. The summed E-state index contributed by atoms with van der Waals surface area (Å²) in [6.07, 6.45) is -2.37. The highest BCUT2D eigenvalue weighted by Crippen LogP contribution is 2.32. The van der Waals surface area contributed by atoms with Gasteiger partial charge < -0.3 is 0 Å². The monoisotopic (exact) mass is 501 g/mol. The minimum absolute atomic E-state index is 0.00101. The van der Waals surface area contributed by atoms with Gasteiger partial charge in [0.2, 0.25) is 0 Å². The largest absolute Gasteiger partial charge is 0.453 e. The van der Waals surface area contributed by atoms with Crippen LogP contribution in [0.25, 0.3) is 28.3 Å². The predicted molar refractivity (Wildman–Crippen MR) is 112 cm³/mol. The van der Waals surface area contributed by atoms with Crippen molar-refractivity contribution in [1.82, 2.24) is 24.6 Å². The van der Waals surface area contributed by atoms with Gasteiger partial charge in [-0.1, -0.05) is 30.1 Å². The first-order valence-corrected chi connectivity index (χ1v) is 11.4. The zero-order valence-electron chi connectivity index (χ0n) is 16.1. The molecule has 0 N–H and O–H groups in total. The maximum Gasteiger partial charge on any atom is 0.453 e. The molecule has 32 heavy (non-hydrogen) atoms. The number of aromatic nitrogens is 5. The second-order valence-corrected chi connectivity index (χ2v) is 9.74. The van der Waals surface area contributed by atoms with E-state index in [1.807, 2.05) is 0 Å². The summed E-state index contributed by atoms with van der Waals surface area (Å²) in [6.45, 7) is 1.47. The third-order valence-electron chi connectivity index (χ3n) is 4.45. The van der Waals surface area contributed by atoms with Crippen LogP contribution >= 0.6 is 23.2 Å². The molecule has 0 bridgehead atoms. The average Bonchev–Trinajstić information content (AvgIpc) is 3.16. The summed E-state index contributed by atoms with van der Waals surface area (Å²) in [5, 5.41) is 4.10. The van der Waals surface area contributed by atoms with E-state index in [0.29, 0.717) is 21.3 Å². The van der Waals surface area contributed by atoms with E-state index in [1.165, 1.54) is 37.5 Å². The Hall–Kier alpha value is -2.76. The molecule has 4 rings (SSSR count). The van der Waals surface area contributed by atoms with Gasteiger partial charge in [0, 0.05) is 33.6 Å². The van der Waals surface area contributed by atoms with Crippen LogP contribution in [0.2, 0.25) is 10.0 Å². The van der Waals surface area contributed by atoms with E-state index in [0.717, 1.165) is 4.52 Å². The quantitative estimate of drug-likeness (QED) is 0.392. The van der Waals surface area contributed by atoms with Gasteiger partial charge in [0.25, 0.3) is 11.6 Å². The smallest absolute Gasteiger partial charge is 0.246 e. The van der Waals surface area contributed by atoms with Crippen LogP contribution in [0.4, 0.5) is 13.2 Å². The summed E-state index contributed by atoms with van der Waals surface area (Å²) in [4.78, 5) is 11.6. The lowest BCUT2D eigenvalue weighted by Gasteiger charge is -2.12. The summed E-state index contributed by atoms with van der Waals surface area (Å²) in [5.74, 6) is -1.86. The van der Waals surface area contributed by atoms with Gasteiger partial charge in [0.05, 0.1) is 22.0 Å². The number of hydrogen-bond acceptors (Lipinski definition) is 6. The van der Waals surface area contributed by atoms with Crippen molar-refractivity contribution >= 4 is 38.8 Å². The third kappa shape index (κ3) is 4.27. The van der Waals surface area contributed by atoms with Crippen molar-refractivity contribution in [2.24, 2.45) is 0 Å².